The fraction of sp³-hybridized carbons (Fsp3) is 0.200. The highest BCUT2D eigenvalue weighted by Gasteiger charge is 2.34. The molecule has 0 spiro atoms. The molecule has 1 heterocycles. The summed E-state index contributed by atoms with van der Waals surface area (Å²) in [6.07, 6.45) is -9.72. The van der Waals surface area contributed by atoms with Crippen LogP contribution < -0.4 is 14.2 Å². The Balaban J connectivity index is 2.54. The first kappa shape index (κ1) is 23.3. The number of carboxylic acids is 1. The van der Waals surface area contributed by atoms with Crippen molar-refractivity contribution in [2.45, 2.75) is 17.8 Å². The monoisotopic (exact) mass is 427 g/mol. The van der Waals surface area contributed by atoms with E-state index in [0.717, 1.165) is 6.07 Å². The number of rotatable bonds is 6. The van der Waals surface area contributed by atoms with Crippen LogP contribution in [0.15, 0.2) is 30.5 Å². The molecule has 0 fully saturated rings. The van der Waals surface area contributed by atoms with E-state index < -0.39 is 58.1 Å². The topological polar surface area (TPSA) is 77.9 Å². The van der Waals surface area contributed by atoms with Gasteiger partial charge in [-0.3, -0.25) is 0 Å². The van der Waals surface area contributed by atoms with Crippen molar-refractivity contribution in [2.24, 2.45) is 0 Å². The Morgan fingerprint density at radius 3 is 2.07 bits per heavy atom. The van der Waals surface area contributed by atoms with Crippen LogP contribution in [-0.4, -0.2) is 51.3 Å². The van der Waals surface area contributed by atoms with Crippen LogP contribution in [-0.2, 0) is 6.18 Å². The third-order valence-corrected chi connectivity index (χ3v) is 3.04. The van der Waals surface area contributed by atoms with Crippen LogP contribution in [0.25, 0.3) is 0 Å². The Morgan fingerprint density at radius 2 is 1.57 bits per heavy atom. The van der Waals surface area contributed by atoms with E-state index in [1.165, 1.54) is 0 Å². The number of halogens is 6. The average molecular weight is 427 g/mol. The Kier molecular flexibility index (Phi) is 6.24. The van der Waals surface area contributed by atoms with Crippen molar-refractivity contribution in [1.29, 1.82) is 0 Å². The number of carboxylic acid groups (broad SMARTS) is 1. The van der Waals surface area contributed by atoms with Crippen molar-refractivity contribution in [3.05, 3.63) is 41.7 Å². The maximum atomic E-state index is 12.9. The van der Waals surface area contributed by atoms with Gasteiger partial charge in [-0.15, -0.1) is 13.2 Å². The van der Waals surface area contributed by atoms with E-state index in [1.807, 2.05) is 0 Å². The maximum Gasteiger partial charge on any atom is 0.573 e. The zero-order valence-electron chi connectivity index (χ0n) is 14.4. The van der Waals surface area contributed by atoms with E-state index in [0.29, 0.717) is 18.2 Å². The molecule has 0 unspecified atom stereocenters. The van der Waals surface area contributed by atoms with Crippen molar-refractivity contribution < 1.29 is 50.5 Å². The molecule has 1 aromatic carbocycles. The molecular weight excluding hydrogens is 421 g/mol. The first-order chi connectivity index (χ1) is 13.5. The molecule has 6 nitrogen and oxygen atoms in total. The summed E-state index contributed by atoms with van der Waals surface area (Å²) >= 11 is 0. The highest BCUT2D eigenvalue weighted by Crippen LogP contribution is 2.39. The molecule has 2 rings (SSSR count). The zero-order valence-corrected chi connectivity index (χ0v) is 14.4. The average Bonchev–Trinajstić information content (AvgIpc) is 2.53. The van der Waals surface area contributed by atoms with E-state index in [4.69, 9.17) is 38.1 Å². The van der Waals surface area contributed by atoms with Crippen LogP contribution in [0.4, 0.5) is 26.3 Å². The highest BCUT2D eigenvalue weighted by molar-refractivity contribution is 6.58. The van der Waals surface area contributed by atoms with Crippen molar-refractivity contribution in [3.8, 4) is 23.0 Å². The van der Waals surface area contributed by atoms with Gasteiger partial charge in [0.05, 0.1) is 5.56 Å². The van der Waals surface area contributed by atoms with Crippen LogP contribution in [0, 0.1) is 0 Å². The van der Waals surface area contributed by atoms with Crippen molar-refractivity contribution in [1.82, 2.24) is 4.98 Å². The number of carbonyl (C=O) groups is 1. The maximum absolute atomic E-state index is 12.9. The van der Waals surface area contributed by atoms with Gasteiger partial charge >= 0.3 is 18.5 Å². The molecule has 0 atom stereocenters. The number of aromatic carboxylic acids is 1. The SMILES string of the molecule is [B]C([B])([B])Oc1cc(OC(F)(F)F)ccc1Oc1cc(C(F)(F)F)cnc1C(=O)O. The van der Waals surface area contributed by atoms with Gasteiger partial charge in [-0.1, -0.05) is 0 Å². The second-order valence-corrected chi connectivity index (χ2v) is 5.59. The van der Waals surface area contributed by atoms with Crippen LogP contribution in [0.3, 0.4) is 0 Å². The number of hydrogen-bond donors (Lipinski definition) is 1. The van der Waals surface area contributed by atoms with Crippen LogP contribution in [0.2, 0.25) is 0 Å². The van der Waals surface area contributed by atoms with Gasteiger partial charge in [0.2, 0.25) is 0 Å². The fourth-order valence-electron chi connectivity index (χ4n) is 2.00. The lowest BCUT2D eigenvalue weighted by atomic mass is 9.52. The summed E-state index contributed by atoms with van der Waals surface area (Å²) < 4.78 is 89.6. The summed E-state index contributed by atoms with van der Waals surface area (Å²) in [7, 11) is 15.7. The summed E-state index contributed by atoms with van der Waals surface area (Å²) in [5, 5.41) is 6.66. The number of hydrogen-bond acceptors (Lipinski definition) is 5. The lowest BCUT2D eigenvalue weighted by Gasteiger charge is -2.25. The molecule has 0 aliphatic heterocycles. The van der Waals surface area contributed by atoms with E-state index in [2.05, 4.69) is 9.72 Å². The third-order valence-electron chi connectivity index (χ3n) is 3.04. The minimum atomic E-state index is -5.09. The molecular formula is C15H6B3F6NO5. The zero-order chi connectivity index (χ0) is 22.9. The number of pyridine rings is 1. The first-order valence-electron chi connectivity index (χ1n) is 7.49. The lowest BCUT2D eigenvalue weighted by molar-refractivity contribution is -0.274. The number of benzene rings is 1. The highest BCUT2D eigenvalue weighted by atomic mass is 19.4. The predicted molar refractivity (Wildman–Crippen MR) is 90.0 cm³/mol. The van der Waals surface area contributed by atoms with E-state index in [-0.39, 0.29) is 6.20 Å². The summed E-state index contributed by atoms with van der Waals surface area (Å²) in [5.41, 5.74) is -2.28. The Labute approximate surface area is 168 Å². The summed E-state index contributed by atoms with van der Waals surface area (Å²) in [5.74, 6) is -4.76. The van der Waals surface area contributed by atoms with Crippen molar-refractivity contribution in [3.63, 3.8) is 0 Å². The molecule has 152 valence electrons. The minimum Gasteiger partial charge on any atom is -0.512 e. The van der Waals surface area contributed by atoms with Gasteiger partial charge < -0.3 is 19.3 Å². The smallest absolute Gasteiger partial charge is 0.512 e. The molecule has 0 aliphatic carbocycles. The molecule has 1 aromatic heterocycles. The van der Waals surface area contributed by atoms with Crippen LogP contribution in [0.5, 0.6) is 23.0 Å². The second-order valence-electron chi connectivity index (χ2n) is 5.59. The molecule has 0 saturated carbocycles. The Morgan fingerprint density at radius 1 is 0.933 bits per heavy atom. The molecule has 2 aromatic rings. The Hall–Kier alpha value is -2.99. The molecule has 0 amide bonds. The summed E-state index contributed by atoms with van der Waals surface area (Å²) in [4.78, 5) is 14.4. The number of ether oxygens (including phenoxy) is 3. The van der Waals surface area contributed by atoms with E-state index >= 15 is 0 Å². The minimum absolute atomic E-state index is 0.263. The van der Waals surface area contributed by atoms with E-state index in [1.54, 1.807) is 0 Å². The largest absolute Gasteiger partial charge is 0.573 e. The van der Waals surface area contributed by atoms with Gasteiger partial charge in [-0.05, 0) is 23.5 Å². The fourth-order valence-corrected chi connectivity index (χ4v) is 2.00. The first-order valence-corrected chi connectivity index (χ1v) is 7.49. The van der Waals surface area contributed by atoms with Crippen molar-refractivity contribution >= 4 is 29.5 Å². The number of nitrogens with zero attached hydrogens (tertiary/aromatic N) is 1. The molecule has 1 N–H and O–H groups in total. The van der Waals surface area contributed by atoms with E-state index in [9.17, 15) is 31.1 Å². The predicted octanol–water partition coefficient (Wildman–Crippen LogP) is 2.99. The third kappa shape index (κ3) is 6.53. The van der Waals surface area contributed by atoms with Gasteiger partial charge in [0.1, 0.15) is 29.3 Å². The van der Waals surface area contributed by atoms with Crippen LogP contribution in [0.1, 0.15) is 16.1 Å². The molecule has 6 radical (unpaired) electrons. The van der Waals surface area contributed by atoms with Crippen LogP contribution >= 0.6 is 0 Å². The molecule has 30 heavy (non-hydrogen) atoms. The molecule has 0 saturated heterocycles. The van der Waals surface area contributed by atoms with Gasteiger partial charge in [-0.2, -0.15) is 13.2 Å². The lowest BCUT2D eigenvalue weighted by Crippen LogP contribution is -2.37. The standard InChI is InChI=1S/C15H6B3F6NO5/c16-14(17,18)30-9-4-7(29-15(22,23)24)1-2-8(9)28-10-3-6(13(19,20)21)5-25-11(10)12(26)27/h1-5H,(H,26,27). The Bertz CT molecular complexity index is 946. The van der Waals surface area contributed by atoms with Gasteiger partial charge in [0, 0.05) is 12.3 Å². The molecule has 0 bridgehead atoms. The van der Waals surface area contributed by atoms with Gasteiger partial charge in [0.25, 0.3) is 0 Å². The van der Waals surface area contributed by atoms with Gasteiger partial charge in [0.15, 0.2) is 22.9 Å². The molecule has 0 aliphatic rings. The van der Waals surface area contributed by atoms with Crippen molar-refractivity contribution in [2.75, 3.05) is 0 Å². The van der Waals surface area contributed by atoms with Gasteiger partial charge in [-0.25, -0.2) is 9.78 Å². The summed E-state index contributed by atoms with van der Waals surface area (Å²) in [6.45, 7) is 0. The quantitative estimate of drug-likeness (QED) is 0.565. The number of alkyl halides is 6. The number of aromatic nitrogens is 1. The molecule has 15 heteroatoms. The second kappa shape index (κ2) is 8.03. The summed E-state index contributed by atoms with van der Waals surface area (Å²) in [6, 6.07) is 2.38. The normalized spacial score (nSPS) is 12.3.